The first kappa shape index (κ1) is 24.9. The lowest BCUT2D eigenvalue weighted by atomic mass is 9.87. The van der Waals surface area contributed by atoms with Crippen molar-refractivity contribution in [2.45, 2.75) is 26.7 Å². The van der Waals surface area contributed by atoms with E-state index in [2.05, 4.69) is 54.7 Å². The van der Waals surface area contributed by atoms with Gasteiger partial charge in [0.1, 0.15) is 12.1 Å². The van der Waals surface area contributed by atoms with Gasteiger partial charge in [-0.2, -0.15) is 0 Å². The molecule has 1 aromatic carbocycles. The van der Waals surface area contributed by atoms with Crippen LogP contribution in [0.2, 0.25) is 0 Å². The Labute approximate surface area is 209 Å². The molecule has 1 amide bonds. The summed E-state index contributed by atoms with van der Waals surface area (Å²) in [5.74, 6) is 0.403. The zero-order valence-electron chi connectivity index (χ0n) is 20.7. The molecule has 0 saturated carbocycles. The van der Waals surface area contributed by atoms with Gasteiger partial charge in [-0.25, -0.2) is 24.3 Å². The van der Waals surface area contributed by atoms with Gasteiger partial charge in [-0.05, 0) is 24.3 Å². The summed E-state index contributed by atoms with van der Waals surface area (Å²) in [7, 11) is 1.48. The van der Waals surface area contributed by atoms with Crippen LogP contribution in [0.25, 0.3) is 22.2 Å². The highest BCUT2D eigenvalue weighted by Crippen LogP contribution is 2.32. The summed E-state index contributed by atoms with van der Waals surface area (Å²) in [6.07, 6.45) is 6.08. The van der Waals surface area contributed by atoms with Crippen LogP contribution < -0.4 is 16.0 Å². The Morgan fingerprint density at radius 1 is 1.03 bits per heavy atom. The number of hydrogen-bond acceptors (Lipinski definition) is 8. The number of halogens is 1. The van der Waals surface area contributed by atoms with Gasteiger partial charge < -0.3 is 16.0 Å². The minimum absolute atomic E-state index is 0.0123. The highest BCUT2D eigenvalue weighted by atomic mass is 19.1. The molecule has 0 radical (unpaired) electrons. The van der Waals surface area contributed by atoms with Gasteiger partial charge in [0.05, 0.1) is 23.0 Å². The first-order valence-electron chi connectivity index (χ1n) is 11.8. The Kier molecular flexibility index (Phi) is 7.62. The van der Waals surface area contributed by atoms with E-state index in [9.17, 15) is 9.18 Å². The van der Waals surface area contributed by atoms with Crippen molar-refractivity contribution >= 4 is 28.6 Å². The number of carbonyl (C=O) groups is 1. The Balaban J connectivity index is 1.50. The molecule has 0 bridgehead atoms. The Bertz CT molecular complexity index is 1360. The third kappa shape index (κ3) is 5.22. The number of amides is 1. The number of benzene rings is 1. The van der Waals surface area contributed by atoms with Crippen molar-refractivity contribution in [2.24, 2.45) is 5.92 Å². The van der Waals surface area contributed by atoms with Gasteiger partial charge in [-0.15, -0.1) is 0 Å². The minimum atomic E-state index is -0.636. The highest BCUT2D eigenvalue weighted by Gasteiger charge is 2.22. The van der Waals surface area contributed by atoms with E-state index in [1.54, 1.807) is 18.5 Å². The first-order valence-corrected chi connectivity index (χ1v) is 11.8. The Hall–Kier alpha value is -4.21. The van der Waals surface area contributed by atoms with E-state index in [0.29, 0.717) is 29.2 Å². The lowest BCUT2D eigenvalue weighted by molar-refractivity contribution is 0.0960. The molecule has 0 aliphatic heterocycles. The molecule has 0 fully saturated rings. The number of carbonyl (C=O) groups excluding carboxylic acids is 1. The van der Waals surface area contributed by atoms with E-state index < -0.39 is 11.7 Å². The second-order valence-electron chi connectivity index (χ2n) is 8.56. The molecule has 3 N–H and O–H groups in total. The van der Waals surface area contributed by atoms with Gasteiger partial charge in [0.15, 0.2) is 5.82 Å². The molecule has 186 valence electrons. The average molecular weight is 489 g/mol. The summed E-state index contributed by atoms with van der Waals surface area (Å²) >= 11 is 0. The molecule has 0 aliphatic rings. The van der Waals surface area contributed by atoms with Crippen LogP contribution in [0.5, 0.6) is 0 Å². The molecule has 3 aromatic heterocycles. The zero-order valence-corrected chi connectivity index (χ0v) is 20.7. The maximum atomic E-state index is 14.4. The fraction of sp³-hybridized carbons (Fsp3) is 0.308. The molecule has 10 heteroatoms. The standard InChI is InChI=1S/C26H29FN8O/c1-5-29-26-32-11-17(12-33-26)21-9-22(35-14-34-21)30-10-15(2)16(3)18-7-6-8-19-23(25(36)28-4)20(27)13-31-24(18)19/h6-9,11-16H,5,10H2,1-4H3,(H,28,36)(H,29,32,33)(H,30,34,35). The van der Waals surface area contributed by atoms with Crippen molar-refractivity contribution in [3.8, 4) is 11.3 Å². The normalized spacial score (nSPS) is 12.7. The number of para-hydroxylation sites is 1. The van der Waals surface area contributed by atoms with Gasteiger partial charge in [-0.1, -0.05) is 32.0 Å². The molecular weight excluding hydrogens is 459 g/mol. The van der Waals surface area contributed by atoms with Gasteiger partial charge in [0, 0.05) is 49.5 Å². The number of aromatic nitrogens is 5. The van der Waals surface area contributed by atoms with Crippen LogP contribution >= 0.6 is 0 Å². The molecule has 4 rings (SSSR count). The Morgan fingerprint density at radius 3 is 2.53 bits per heavy atom. The highest BCUT2D eigenvalue weighted by molar-refractivity contribution is 6.06. The van der Waals surface area contributed by atoms with E-state index in [1.807, 2.05) is 25.1 Å². The van der Waals surface area contributed by atoms with E-state index in [4.69, 9.17) is 0 Å². The number of hydrogen-bond donors (Lipinski definition) is 3. The second kappa shape index (κ2) is 11.0. The summed E-state index contributed by atoms with van der Waals surface area (Å²) in [4.78, 5) is 33.9. The van der Waals surface area contributed by atoms with Crippen LogP contribution in [0.4, 0.5) is 16.2 Å². The van der Waals surface area contributed by atoms with Gasteiger partial charge in [0.2, 0.25) is 5.95 Å². The molecule has 2 unspecified atom stereocenters. The predicted molar refractivity (Wildman–Crippen MR) is 138 cm³/mol. The third-order valence-electron chi connectivity index (χ3n) is 6.24. The number of anilines is 2. The van der Waals surface area contributed by atoms with Crippen LogP contribution in [-0.2, 0) is 0 Å². The number of fused-ring (bicyclic) bond motifs is 1. The van der Waals surface area contributed by atoms with Crippen molar-refractivity contribution in [1.29, 1.82) is 0 Å². The zero-order chi connectivity index (χ0) is 25.7. The number of nitrogens with zero attached hydrogens (tertiary/aromatic N) is 5. The smallest absolute Gasteiger partial charge is 0.254 e. The predicted octanol–water partition coefficient (Wildman–Crippen LogP) is 4.26. The number of pyridine rings is 1. The molecule has 2 atom stereocenters. The van der Waals surface area contributed by atoms with Crippen LogP contribution in [-0.4, -0.2) is 51.0 Å². The lowest BCUT2D eigenvalue weighted by Gasteiger charge is -2.22. The van der Waals surface area contributed by atoms with Gasteiger partial charge in [-0.3, -0.25) is 9.78 Å². The molecule has 4 aromatic rings. The summed E-state index contributed by atoms with van der Waals surface area (Å²) < 4.78 is 14.4. The summed E-state index contributed by atoms with van der Waals surface area (Å²) in [5, 5.41) is 9.46. The van der Waals surface area contributed by atoms with E-state index in [0.717, 1.165) is 29.6 Å². The van der Waals surface area contributed by atoms with Crippen LogP contribution in [0.3, 0.4) is 0 Å². The van der Waals surface area contributed by atoms with Crippen molar-refractivity contribution in [1.82, 2.24) is 30.2 Å². The molecule has 9 nitrogen and oxygen atoms in total. The van der Waals surface area contributed by atoms with Crippen molar-refractivity contribution in [2.75, 3.05) is 30.8 Å². The van der Waals surface area contributed by atoms with E-state index >= 15 is 0 Å². The second-order valence-corrected chi connectivity index (χ2v) is 8.56. The van der Waals surface area contributed by atoms with Crippen LogP contribution in [0.1, 0.15) is 42.6 Å². The molecule has 3 heterocycles. The maximum absolute atomic E-state index is 14.4. The quantitative estimate of drug-likeness (QED) is 0.320. The molecule has 0 spiro atoms. The molecular formula is C26H29FN8O. The Morgan fingerprint density at radius 2 is 1.81 bits per heavy atom. The monoisotopic (exact) mass is 488 g/mol. The molecule has 0 aliphatic carbocycles. The SMILES string of the molecule is CCNc1ncc(-c2cc(NCC(C)C(C)c3cccc4c(C(=O)NC)c(F)cnc34)ncn2)cn1. The fourth-order valence-corrected chi connectivity index (χ4v) is 4.02. The third-order valence-corrected chi connectivity index (χ3v) is 6.24. The fourth-order valence-electron chi connectivity index (χ4n) is 4.02. The lowest BCUT2D eigenvalue weighted by Crippen LogP contribution is -2.21. The molecule has 0 saturated heterocycles. The minimum Gasteiger partial charge on any atom is -0.370 e. The van der Waals surface area contributed by atoms with E-state index in [-0.39, 0.29) is 17.4 Å². The summed E-state index contributed by atoms with van der Waals surface area (Å²) in [6, 6.07) is 7.40. The number of nitrogens with one attached hydrogen (secondary N) is 3. The largest absolute Gasteiger partial charge is 0.370 e. The first-order chi connectivity index (χ1) is 17.4. The number of rotatable bonds is 9. The topological polar surface area (TPSA) is 118 Å². The average Bonchev–Trinajstić information content (AvgIpc) is 2.91. The van der Waals surface area contributed by atoms with Crippen LogP contribution in [0.15, 0.2) is 49.2 Å². The van der Waals surface area contributed by atoms with Gasteiger partial charge in [0.25, 0.3) is 5.91 Å². The summed E-state index contributed by atoms with van der Waals surface area (Å²) in [5.41, 5.74) is 3.11. The maximum Gasteiger partial charge on any atom is 0.254 e. The molecule has 36 heavy (non-hydrogen) atoms. The van der Waals surface area contributed by atoms with Gasteiger partial charge >= 0.3 is 0 Å². The van der Waals surface area contributed by atoms with Crippen molar-refractivity contribution < 1.29 is 9.18 Å². The van der Waals surface area contributed by atoms with Crippen molar-refractivity contribution in [3.63, 3.8) is 0 Å². The van der Waals surface area contributed by atoms with E-state index in [1.165, 1.54) is 13.4 Å². The van der Waals surface area contributed by atoms with Crippen molar-refractivity contribution in [3.05, 3.63) is 66.1 Å². The summed E-state index contributed by atoms with van der Waals surface area (Å²) in [6.45, 7) is 7.58. The van der Waals surface area contributed by atoms with Crippen LogP contribution in [0, 0.1) is 11.7 Å².